The van der Waals surface area contributed by atoms with Crippen LogP contribution in [0.1, 0.15) is 51.5 Å². The summed E-state index contributed by atoms with van der Waals surface area (Å²) < 4.78 is 36.6. The molecule has 1 aromatic heterocycles. The predicted molar refractivity (Wildman–Crippen MR) is 126 cm³/mol. The van der Waals surface area contributed by atoms with Crippen LogP contribution in [0, 0.1) is 23.0 Å². The zero-order valence-corrected chi connectivity index (χ0v) is 20.1. The van der Waals surface area contributed by atoms with E-state index in [1.165, 1.54) is 4.57 Å². The SMILES string of the molecule is CCCCCCn1c(/N=C(/CC)OC(=O)CN2CCN(C)CC2)nc2c(F)cc(C#N)c(F)c21. The number of piperazine rings is 1. The number of esters is 1. The number of imidazole rings is 1. The summed E-state index contributed by atoms with van der Waals surface area (Å²) in [5.74, 6) is -1.86. The van der Waals surface area contributed by atoms with Crippen molar-refractivity contribution in [1.29, 1.82) is 5.26 Å². The molecule has 2 aromatic rings. The number of hydrogen-bond acceptors (Lipinski definition) is 7. The number of rotatable bonds is 9. The third kappa shape index (κ3) is 6.15. The predicted octanol–water partition coefficient (Wildman–Crippen LogP) is 4.00. The van der Waals surface area contributed by atoms with E-state index in [2.05, 4.69) is 21.8 Å². The molecule has 0 N–H and O–H groups in total. The molecule has 0 aliphatic carbocycles. The molecule has 1 aromatic carbocycles. The van der Waals surface area contributed by atoms with E-state index in [4.69, 9.17) is 4.74 Å². The van der Waals surface area contributed by atoms with Gasteiger partial charge in [0.2, 0.25) is 11.8 Å². The van der Waals surface area contributed by atoms with Crippen LogP contribution in [-0.4, -0.2) is 71.0 Å². The lowest BCUT2D eigenvalue weighted by Gasteiger charge is -2.31. The van der Waals surface area contributed by atoms with Crippen molar-refractivity contribution in [2.75, 3.05) is 39.8 Å². The van der Waals surface area contributed by atoms with E-state index < -0.39 is 17.6 Å². The average Bonchev–Trinajstić information content (AvgIpc) is 3.19. The van der Waals surface area contributed by atoms with Gasteiger partial charge in [0.15, 0.2) is 11.6 Å². The van der Waals surface area contributed by atoms with Crippen molar-refractivity contribution in [2.24, 2.45) is 4.99 Å². The topological polar surface area (TPSA) is 86.8 Å². The standard InChI is InChI=1S/C24H32F2N6O2/c1-4-6-7-8-9-32-23-21(26)17(15-27)14-18(25)22(23)29-24(32)28-19(5-2)34-20(33)16-31-12-10-30(3)11-13-31/h14H,4-13,16H2,1-3H3/b28-19-. The summed E-state index contributed by atoms with van der Waals surface area (Å²) in [7, 11) is 2.04. The molecule has 0 bridgehead atoms. The van der Waals surface area contributed by atoms with Gasteiger partial charge >= 0.3 is 5.97 Å². The number of carbonyl (C=O) groups excluding carboxylic acids is 1. The Morgan fingerprint density at radius 2 is 1.94 bits per heavy atom. The van der Waals surface area contributed by atoms with Gasteiger partial charge in [-0.05, 0) is 19.5 Å². The summed E-state index contributed by atoms with van der Waals surface area (Å²) in [4.78, 5) is 25.3. The Morgan fingerprint density at radius 3 is 2.59 bits per heavy atom. The van der Waals surface area contributed by atoms with E-state index in [1.807, 2.05) is 11.9 Å². The largest absolute Gasteiger partial charge is 0.410 e. The van der Waals surface area contributed by atoms with Gasteiger partial charge in [0.05, 0.1) is 12.1 Å². The van der Waals surface area contributed by atoms with Crippen LogP contribution in [0.5, 0.6) is 0 Å². The van der Waals surface area contributed by atoms with Gasteiger partial charge in [-0.3, -0.25) is 9.69 Å². The van der Waals surface area contributed by atoms with Crippen molar-refractivity contribution in [3.63, 3.8) is 0 Å². The van der Waals surface area contributed by atoms with Gasteiger partial charge in [-0.15, -0.1) is 0 Å². The molecule has 0 atom stereocenters. The minimum absolute atomic E-state index is 0.0589. The number of aliphatic imine (C=N–C) groups is 1. The van der Waals surface area contributed by atoms with Gasteiger partial charge in [0.25, 0.3) is 0 Å². The van der Waals surface area contributed by atoms with E-state index in [9.17, 15) is 14.4 Å². The molecular formula is C24H32F2N6O2. The molecule has 3 rings (SSSR count). The van der Waals surface area contributed by atoms with E-state index in [1.54, 1.807) is 13.0 Å². The highest BCUT2D eigenvalue weighted by Gasteiger charge is 2.23. The van der Waals surface area contributed by atoms with Gasteiger partial charge < -0.3 is 14.2 Å². The Balaban J connectivity index is 1.89. The molecule has 1 saturated heterocycles. The van der Waals surface area contributed by atoms with Crippen LogP contribution in [0.25, 0.3) is 11.0 Å². The summed E-state index contributed by atoms with van der Waals surface area (Å²) in [6.45, 7) is 7.68. The fraction of sp³-hybridized carbons (Fsp3) is 0.583. The molecule has 10 heteroatoms. The van der Waals surface area contributed by atoms with Crippen molar-refractivity contribution in [1.82, 2.24) is 19.4 Å². The molecule has 0 amide bonds. The normalized spacial score (nSPS) is 15.6. The van der Waals surface area contributed by atoms with Crippen LogP contribution in [0.3, 0.4) is 0 Å². The number of nitrogens with zero attached hydrogens (tertiary/aromatic N) is 6. The maximum Gasteiger partial charge on any atom is 0.326 e. The van der Waals surface area contributed by atoms with Gasteiger partial charge in [-0.2, -0.15) is 10.3 Å². The molecular weight excluding hydrogens is 442 g/mol. The van der Waals surface area contributed by atoms with E-state index >= 15 is 4.39 Å². The quantitative estimate of drug-likeness (QED) is 0.236. The first-order valence-electron chi connectivity index (χ1n) is 11.8. The first kappa shape index (κ1) is 25.7. The van der Waals surface area contributed by atoms with Crippen LogP contribution < -0.4 is 0 Å². The Labute approximate surface area is 198 Å². The number of benzene rings is 1. The maximum absolute atomic E-state index is 15.0. The lowest BCUT2D eigenvalue weighted by atomic mass is 10.1. The Bertz CT molecular complexity index is 1080. The summed E-state index contributed by atoms with van der Waals surface area (Å²) >= 11 is 0. The molecule has 0 spiro atoms. The zero-order chi connectivity index (χ0) is 24.7. The Kier molecular flexibility index (Phi) is 9.07. The highest BCUT2D eigenvalue weighted by Crippen LogP contribution is 2.29. The third-order valence-electron chi connectivity index (χ3n) is 5.95. The Morgan fingerprint density at radius 1 is 1.21 bits per heavy atom. The van der Waals surface area contributed by atoms with E-state index in [-0.39, 0.29) is 35.0 Å². The lowest BCUT2D eigenvalue weighted by Crippen LogP contribution is -2.46. The molecule has 1 aliphatic rings. The summed E-state index contributed by atoms with van der Waals surface area (Å²) in [6.07, 6.45) is 3.96. The molecule has 34 heavy (non-hydrogen) atoms. The number of hydrogen-bond donors (Lipinski definition) is 0. The van der Waals surface area contributed by atoms with Crippen LogP contribution in [-0.2, 0) is 16.1 Å². The zero-order valence-electron chi connectivity index (χ0n) is 20.1. The monoisotopic (exact) mass is 474 g/mol. The van der Waals surface area contributed by atoms with Crippen LogP contribution in [0.15, 0.2) is 11.1 Å². The van der Waals surface area contributed by atoms with Crippen LogP contribution in [0.4, 0.5) is 14.7 Å². The molecule has 0 saturated carbocycles. The highest BCUT2D eigenvalue weighted by molar-refractivity contribution is 5.91. The lowest BCUT2D eigenvalue weighted by molar-refractivity contribution is -0.137. The third-order valence-corrected chi connectivity index (χ3v) is 5.95. The van der Waals surface area contributed by atoms with Gasteiger partial charge in [-0.25, -0.2) is 13.8 Å². The molecule has 8 nitrogen and oxygen atoms in total. The van der Waals surface area contributed by atoms with Crippen LogP contribution in [0.2, 0.25) is 0 Å². The second-order valence-electron chi connectivity index (χ2n) is 8.57. The summed E-state index contributed by atoms with van der Waals surface area (Å²) in [5, 5.41) is 9.20. The number of ether oxygens (including phenoxy) is 1. The fourth-order valence-corrected chi connectivity index (χ4v) is 3.93. The number of likely N-dealkylation sites (N-methyl/N-ethyl adjacent to an activating group) is 1. The van der Waals surface area contributed by atoms with Crippen molar-refractivity contribution in [3.8, 4) is 6.07 Å². The summed E-state index contributed by atoms with van der Waals surface area (Å²) in [6, 6.07) is 2.54. The first-order chi connectivity index (χ1) is 16.4. The molecule has 184 valence electrons. The van der Waals surface area contributed by atoms with Gasteiger partial charge in [-0.1, -0.05) is 33.1 Å². The molecule has 2 heterocycles. The van der Waals surface area contributed by atoms with E-state index in [0.29, 0.717) is 19.4 Å². The van der Waals surface area contributed by atoms with E-state index in [0.717, 1.165) is 51.5 Å². The number of aromatic nitrogens is 2. The Hall–Kier alpha value is -2.90. The van der Waals surface area contributed by atoms with Crippen LogP contribution >= 0.6 is 0 Å². The number of nitriles is 1. The molecule has 0 unspecified atom stereocenters. The van der Waals surface area contributed by atoms with Crippen molar-refractivity contribution < 1.29 is 18.3 Å². The number of halogens is 2. The van der Waals surface area contributed by atoms with Gasteiger partial charge in [0, 0.05) is 39.1 Å². The second-order valence-corrected chi connectivity index (χ2v) is 8.57. The molecule has 0 radical (unpaired) electrons. The minimum atomic E-state index is -0.826. The minimum Gasteiger partial charge on any atom is -0.410 e. The average molecular weight is 475 g/mol. The molecule has 1 aliphatic heterocycles. The summed E-state index contributed by atoms with van der Waals surface area (Å²) in [5.41, 5.74) is -0.666. The number of carbonyl (C=O) groups is 1. The van der Waals surface area contributed by atoms with Crippen molar-refractivity contribution in [3.05, 3.63) is 23.3 Å². The number of unbranched alkanes of at least 4 members (excludes halogenated alkanes) is 3. The van der Waals surface area contributed by atoms with Gasteiger partial charge in [0.1, 0.15) is 17.1 Å². The van der Waals surface area contributed by atoms with Crippen molar-refractivity contribution >= 4 is 28.8 Å². The fourth-order valence-electron chi connectivity index (χ4n) is 3.93. The molecule has 1 fully saturated rings. The number of aryl methyl sites for hydroxylation is 1. The first-order valence-corrected chi connectivity index (χ1v) is 11.8. The van der Waals surface area contributed by atoms with Crippen molar-refractivity contribution in [2.45, 2.75) is 52.5 Å². The second kappa shape index (κ2) is 12.0. The maximum atomic E-state index is 15.0. The smallest absolute Gasteiger partial charge is 0.326 e. The number of fused-ring (bicyclic) bond motifs is 1. The highest BCUT2D eigenvalue weighted by atomic mass is 19.1.